The number of anilines is 1. The van der Waals surface area contributed by atoms with Gasteiger partial charge in [0.15, 0.2) is 0 Å². The number of hydrogen-bond acceptors (Lipinski definition) is 3. The van der Waals surface area contributed by atoms with Crippen molar-refractivity contribution in [2.45, 2.75) is 24.8 Å². The van der Waals surface area contributed by atoms with Gasteiger partial charge in [-0.2, -0.15) is 4.31 Å². The minimum Gasteiger partial charge on any atom is -0.321 e. The van der Waals surface area contributed by atoms with Gasteiger partial charge in [-0.1, -0.05) is 36.4 Å². The molecule has 0 aliphatic carbocycles. The minimum atomic E-state index is -3.70. The van der Waals surface area contributed by atoms with E-state index in [1.807, 2.05) is 49.4 Å². The molecule has 0 saturated carbocycles. The maximum Gasteiger partial charge on any atom is 0.255 e. The SMILES string of the molecule is Cc1ccc(NC(=O)c2cccc(S(=O)(=O)N3CCc4ccccc4C3)c2)c(Br)c1. The summed E-state index contributed by atoms with van der Waals surface area (Å²) in [7, 11) is -3.70. The molecular formula is C23H21BrN2O3S. The zero-order valence-electron chi connectivity index (χ0n) is 16.4. The van der Waals surface area contributed by atoms with E-state index < -0.39 is 10.0 Å². The van der Waals surface area contributed by atoms with Crippen LogP contribution in [0.5, 0.6) is 0 Å². The van der Waals surface area contributed by atoms with Gasteiger partial charge in [0.25, 0.3) is 5.91 Å². The van der Waals surface area contributed by atoms with Crippen molar-refractivity contribution in [2.24, 2.45) is 0 Å². The molecule has 4 rings (SSSR count). The molecule has 30 heavy (non-hydrogen) atoms. The van der Waals surface area contributed by atoms with Gasteiger partial charge in [-0.15, -0.1) is 0 Å². The van der Waals surface area contributed by atoms with Crippen molar-refractivity contribution in [1.82, 2.24) is 4.31 Å². The number of rotatable bonds is 4. The van der Waals surface area contributed by atoms with Gasteiger partial charge < -0.3 is 5.32 Å². The van der Waals surface area contributed by atoms with E-state index in [1.54, 1.807) is 12.1 Å². The summed E-state index contributed by atoms with van der Waals surface area (Å²) in [6.07, 6.45) is 0.678. The van der Waals surface area contributed by atoms with Crippen LogP contribution in [0.1, 0.15) is 27.0 Å². The van der Waals surface area contributed by atoms with Crippen LogP contribution in [-0.4, -0.2) is 25.2 Å². The predicted octanol–water partition coefficient (Wildman–Crippen LogP) is 4.76. The highest BCUT2D eigenvalue weighted by Crippen LogP contribution is 2.27. The van der Waals surface area contributed by atoms with Crippen LogP contribution in [0.2, 0.25) is 0 Å². The van der Waals surface area contributed by atoms with Crippen molar-refractivity contribution in [1.29, 1.82) is 0 Å². The highest BCUT2D eigenvalue weighted by molar-refractivity contribution is 9.10. The smallest absolute Gasteiger partial charge is 0.255 e. The number of aryl methyl sites for hydroxylation is 1. The Morgan fingerprint density at radius 2 is 1.77 bits per heavy atom. The Bertz CT molecular complexity index is 1220. The van der Waals surface area contributed by atoms with Crippen LogP contribution < -0.4 is 5.32 Å². The molecule has 0 fully saturated rings. The van der Waals surface area contributed by atoms with E-state index in [-0.39, 0.29) is 10.8 Å². The second-order valence-corrected chi connectivity index (χ2v) is 10.1. The normalized spacial score (nSPS) is 14.2. The lowest BCUT2D eigenvalue weighted by atomic mass is 10.0. The second-order valence-electron chi connectivity index (χ2n) is 7.32. The molecule has 1 aliphatic rings. The lowest BCUT2D eigenvalue weighted by Gasteiger charge is -2.28. The summed E-state index contributed by atoms with van der Waals surface area (Å²) in [5.74, 6) is -0.361. The van der Waals surface area contributed by atoms with Gasteiger partial charge in [-0.25, -0.2) is 8.42 Å². The van der Waals surface area contributed by atoms with Crippen LogP contribution >= 0.6 is 15.9 Å². The van der Waals surface area contributed by atoms with Crippen molar-refractivity contribution < 1.29 is 13.2 Å². The quantitative estimate of drug-likeness (QED) is 0.580. The summed E-state index contributed by atoms with van der Waals surface area (Å²) >= 11 is 3.44. The van der Waals surface area contributed by atoms with Crippen LogP contribution in [0.3, 0.4) is 0 Å². The predicted molar refractivity (Wildman–Crippen MR) is 121 cm³/mol. The molecule has 0 aromatic heterocycles. The zero-order chi connectivity index (χ0) is 21.3. The maximum atomic E-state index is 13.2. The van der Waals surface area contributed by atoms with Crippen molar-refractivity contribution >= 4 is 37.5 Å². The Balaban J connectivity index is 1.57. The second kappa shape index (κ2) is 8.34. The van der Waals surface area contributed by atoms with E-state index in [0.717, 1.165) is 15.6 Å². The molecule has 1 N–H and O–H groups in total. The number of nitrogens with zero attached hydrogens (tertiary/aromatic N) is 1. The van der Waals surface area contributed by atoms with Gasteiger partial charge in [-0.05, 0) is 76.3 Å². The Hall–Kier alpha value is -2.48. The van der Waals surface area contributed by atoms with Crippen LogP contribution in [0, 0.1) is 6.92 Å². The topological polar surface area (TPSA) is 66.5 Å². The average molecular weight is 485 g/mol. The molecule has 1 aliphatic heterocycles. The molecule has 5 nitrogen and oxygen atoms in total. The highest BCUT2D eigenvalue weighted by atomic mass is 79.9. The fourth-order valence-electron chi connectivity index (χ4n) is 3.54. The summed E-state index contributed by atoms with van der Waals surface area (Å²) in [4.78, 5) is 12.9. The molecule has 0 atom stereocenters. The molecule has 1 heterocycles. The molecule has 3 aromatic carbocycles. The number of carbonyl (C=O) groups excluding carboxylic acids is 1. The standard InChI is InChI=1S/C23H21BrN2O3S/c1-16-9-10-22(21(24)13-16)25-23(27)18-7-4-8-20(14-18)30(28,29)26-12-11-17-5-2-3-6-19(17)15-26/h2-10,13-14H,11-12,15H2,1H3,(H,25,27). The first-order valence-corrected chi connectivity index (χ1v) is 11.8. The Kier molecular flexibility index (Phi) is 5.77. The number of sulfonamides is 1. The maximum absolute atomic E-state index is 13.2. The lowest BCUT2D eigenvalue weighted by Crippen LogP contribution is -2.36. The third-order valence-corrected chi connectivity index (χ3v) is 7.70. The molecule has 0 bridgehead atoms. The summed E-state index contributed by atoms with van der Waals surface area (Å²) < 4.78 is 28.7. The molecular weight excluding hydrogens is 464 g/mol. The molecule has 154 valence electrons. The molecule has 1 amide bonds. The van der Waals surface area contributed by atoms with Gasteiger partial charge in [0.1, 0.15) is 0 Å². The lowest BCUT2D eigenvalue weighted by molar-refractivity contribution is 0.102. The summed E-state index contributed by atoms with van der Waals surface area (Å²) in [6, 6.07) is 19.7. The zero-order valence-corrected chi connectivity index (χ0v) is 18.8. The van der Waals surface area contributed by atoms with E-state index in [2.05, 4.69) is 21.2 Å². The van der Waals surface area contributed by atoms with E-state index >= 15 is 0 Å². The van der Waals surface area contributed by atoms with Crippen LogP contribution in [0.4, 0.5) is 5.69 Å². The number of halogens is 1. The van der Waals surface area contributed by atoms with Crippen LogP contribution in [0.25, 0.3) is 0 Å². The van der Waals surface area contributed by atoms with Crippen LogP contribution in [0.15, 0.2) is 76.1 Å². The van der Waals surface area contributed by atoms with Crippen molar-refractivity contribution in [2.75, 3.05) is 11.9 Å². The summed E-state index contributed by atoms with van der Waals surface area (Å²) in [5.41, 5.74) is 4.19. The Morgan fingerprint density at radius 3 is 2.53 bits per heavy atom. The van der Waals surface area contributed by atoms with E-state index in [1.165, 1.54) is 22.0 Å². The molecule has 0 radical (unpaired) electrons. The first-order valence-electron chi connectivity index (χ1n) is 9.59. The van der Waals surface area contributed by atoms with Gasteiger partial charge in [0.05, 0.1) is 10.6 Å². The average Bonchev–Trinajstić information content (AvgIpc) is 2.75. The molecule has 3 aromatic rings. The van der Waals surface area contributed by atoms with Crippen molar-refractivity contribution in [3.8, 4) is 0 Å². The number of fused-ring (bicyclic) bond motifs is 1. The van der Waals surface area contributed by atoms with Crippen LogP contribution in [-0.2, 0) is 23.0 Å². The van der Waals surface area contributed by atoms with E-state index in [0.29, 0.717) is 30.8 Å². The number of benzene rings is 3. The fourth-order valence-corrected chi connectivity index (χ4v) is 5.60. The third kappa shape index (κ3) is 4.19. The van der Waals surface area contributed by atoms with Crippen molar-refractivity contribution in [3.63, 3.8) is 0 Å². The summed E-state index contributed by atoms with van der Waals surface area (Å²) in [6.45, 7) is 2.72. The monoisotopic (exact) mass is 484 g/mol. The van der Waals surface area contributed by atoms with Gasteiger partial charge in [0, 0.05) is 23.1 Å². The highest BCUT2D eigenvalue weighted by Gasteiger charge is 2.28. The first-order chi connectivity index (χ1) is 14.3. The number of amides is 1. The molecule has 0 saturated heterocycles. The molecule has 7 heteroatoms. The van der Waals surface area contributed by atoms with E-state index in [9.17, 15) is 13.2 Å². The fraction of sp³-hybridized carbons (Fsp3) is 0.174. The molecule has 0 spiro atoms. The Morgan fingerprint density at radius 1 is 1.00 bits per heavy atom. The Labute approximate surface area is 184 Å². The van der Waals surface area contributed by atoms with Gasteiger partial charge in [0.2, 0.25) is 10.0 Å². The summed E-state index contributed by atoms with van der Waals surface area (Å²) in [5, 5.41) is 2.83. The number of nitrogens with one attached hydrogen (secondary N) is 1. The van der Waals surface area contributed by atoms with Gasteiger partial charge in [-0.3, -0.25) is 4.79 Å². The first kappa shape index (κ1) is 20.8. The largest absolute Gasteiger partial charge is 0.321 e. The third-order valence-electron chi connectivity index (χ3n) is 5.20. The minimum absolute atomic E-state index is 0.123. The molecule has 0 unspecified atom stereocenters. The van der Waals surface area contributed by atoms with Crippen molar-refractivity contribution in [3.05, 3.63) is 93.5 Å². The number of hydrogen-bond donors (Lipinski definition) is 1. The number of carbonyl (C=O) groups is 1. The van der Waals surface area contributed by atoms with Gasteiger partial charge >= 0.3 is 0 Å². The van der Waals surface area contributed by atoms with E-state index in [4.69, 9.17) is 0 Å².